The highest BCUT2D eigenvalue weighted by molar-refractivity contribution is 14.1. The van der Waals surface area contributed by atoms with Crippen LogP contribution in [0.4, 0.5) is 0 Å². The quantitative estimate of drug-likeness (QED) is 0.475. The third-order valence-corrected chi connectivity index (χ3v) is 3.32. The van der Waals surface area contributed by atoms with Gasteiger partial charge in [0, 0.05) is 5.92 Å². The van der Waals surface area contributed by atoms with Gasteiger partial charge in [0.15, 0.2) is 6.29 Å². The van der Waals surface area contributed by atoms with Gasteiger partial charge in [0.1, 0.15) is 16.3 Å². The lowest BCUT2D eigenvalue weighted by molar-refractivity contribution is -0.285. The number of aliphatic hydroxyl groups excluding tert-OH is 2. The van der Waals surface area contributed by atoms with Crippen molar-refractivity contribution in [2.24, 2.45) is 17.6 Å². The van der Waals surface area contributed by atoms with Gasteiger partial charge in [-0.15, -0.1) is 0 Å². The SMILES string of the molecule is CC(I)OC1OC(C(N)=O)C(C(C)C)C(O)C1O. The van der Waals surface area contributed by atoms with Crippen LogP contribution >= 0.6 is 22.6 Å². The van der Waals surface area contributed by atoms with Gasteiger partial charge in [0.05, 0.1) is 6.10 Å². The first-order valence-corrected chi connectivity index (χ1v) is 7.10. The molecule has 0 saturated carbocycles. The number of rotatable bonds is 4. The molecule has 6 unspecified atom stereocenters. The Bertz CT molecular complexity index is 297. The Hall–Kier alpha value is 0.0400. The van der Waals surface area contributed by atoms with Gasteiger partial charge in [0.25, 0.3) is 0 Å². The highest BCUT2D eigenvalue weighted by Crippen LogP contribution is 2.32. The molecular formula is C11H20INO5. The van der Waals surface area contributed by atoms with E-state index in [1.54, 1.807) is 6.92 Å². The number of amides is 1. The van der Waals surface area contributed by atoms with E-state index in [1.807, 2.05) is 36.4 Å². The smallest absolute Gasteiger partial charge is 0.247 e. The molecule has 1 aliphatic heterocycles. The topological polar surface area (TPSA) is 102 Å². The van der Waals surface area contributed by atoms with E-state index >= 15 is 0 Å². The summed E-state index contributed by atoms with van der Waals surface area (Å²) in [5, 5.41) is 20.0. The minimum absolute atomic E-state index is 0.0508. The lowest BCUT2D eigenvalue weighted by Gasteiger charge is -2.43. The van der Waals surface area contributed by atoms with Gasteiger partial charge < -0.3 is 25.4 Å². The summed E-state index contributed by atoms with van der Waals surface area (Å²) in [4.78, 5) is 11.4. The lowest BCUT2D eigenvalue weighted by Crippen LogP contribution is -2.60. The second kappa shape index (κ2) is 6.47. The molecule has 6 atom stereocenters. The van der Waals surface area contributed by atoms with Crippen molar-refractivity contribution in [2.45, 2.75) is 49.5 Å². The van der Waals surface area contributed by atoms with Crippen LogP contribution in [-0.2, 0) is 14.3 Å². The van der Waals surface area contributed by atoms with E-state index in [0.29, 0.717) is 0 Å². The summed E-state index contributed by atoms with van der Waals surface area (Å²) in [6.45, 7) is 5.43. The van der Waals surface area contributed by atoms with Crippen molar-refractivity contribution in [2.75, 3.05) is 0 Å². The average Bonchev–Trinajstić information content (AvgIpc) is 2.22. The van der Waals surface area contributed by atoms with Crippen molar-refractivity contribution in [1.82, 2.24) is 0 Å². The Labute approximate surface area is 120 Å². The number of carbonyl (C=O) groups is 1. The van der Waals surface area contributed by atoms with Gasteiger partial charge in [-0.2, -0.15) is 0 Å². The van der Waals surface area contributed by atoms with Crippen LogP contribution in [0.2, 0.25) is 0 Å². The molecule has 1 saturated heterocycles. The summed E-state index contributed by atoms with van der Waals surface area (Å²) in [5.41, 5.74) is 5.28. The Morgan fingerprint density at radius 3 is 2.28 bits per heavy atom. The van der Waals surface area contributed by atoms with Crippen LogP contribution in [0.15, 0.2) is 0 Å². The third-order valence-electron chi connectivity index (χ3n) is 3.03. The molecule has 7 heteroatoms. The van der Waals surface area contributed by atoms with Crippen molar-refractivity contribution in [3.63, 3.8) is 0 Å². The third kappa shape index (κ3) is 3.53. The molecule has 0 spiro atoms. The highest BCUT2D eigenvalue weighted by Gasteiger charge is 2.48. The largest absolute Gasteiger partial charge is 0.390 e. The number of carbonyl (C=O) groups excluding carboxylic acids is 1. The maximum absolute atomic E-state index is 11.4. The van der Waals surface area contributed by atoms with E-state index in [-0.39, 0.29) is 10.0 Å². The molecule has 0 aliphatic carbocycles. The zero-order valence-electron chi connectivity index (χ0n) is 10.6. The number of alkyl halides is 1. The fraction of sp³-hybridized carbons (Fsp3) is 0.909. The molecular weight excluding hydrogens is 353 g/mol. The van der Waals surface area contributed by atoms with Crippen LogP contribution in [0.25, 0.3) is 0 Å². The van der Waals surface area contributed by atoms with Gasteiger partial charge in [-0.25, -0.2) is 0 Å². The molecule has 1 fully saturated rings. The zero-order chi connectivity index (χ0) is 14.0. The highest BCUT2D eigenvalue weighted by atomic mass is 127. The number of halogens is 1. The molecule has 1 rings (SSSR count). The fourth-order valence-corrected chi connectivity index (χ4v) is 2.47. The average molecular weight is 373 g/mol. The van der Waals surface area contributed by atoms with Gasteiger partial charge >= 0.3 is 0 Å². The van der Waals surface area contributed by atoms with Gasteiger partial charge in [-0.3, -0.25) is 4.79 Å². The van der Waals surface area contributed by atoms with E-state index in [1.165, 1.54) is 0 Å². The first kappa shape index (κ1) is 16.1. The first-order chi connectivity index (χ1) is 8.25. The minimum Gasteiger partial charge on any atom is -0.390 e. The summed E-state index contributed by atoms with van der Waals surface area (Å²) in [5.74, 6) is -1.25. The molecule has 1 aliphatic rings. The van der Waals surface area contributed by atoms with Crippen LogP contribution < -0.4 is 5.73 Å². The summed E-state index contributed by atoms with van der Waals surface area (Å²) in [7, 11) is 0. The minimum atomic E-state index is -1.19. The molecule has 0 radical (unpaired) electrons. The number of ether oxygens (including phenoxy) is 2. The molecule has 0 aromatic carbocycles. The van der Waals surface area contributed by atoms with E-state index in [2.05, 4.69) is 0 Å². The number of primary amides is 1. The molecule has 0 aromatic rings. The van der Waals surface area contributed by atoms with Crippen LogP contribution in [-0.4, -0.2) is 44.8 Å². The number of aliphatic hydroxyl groups is 2. The van der Waals surface area contributed by atoms with E-state index in [9.17, 15) is 15.0 Å². The second-order valence-corrected chi connectivity index (χ2v) is 6.56. The van der Waals surface area contributed by atoms with Crippen molar-refractivity contribution in [1.29, 1.82) is 0 Å². The van der Waals surface area contributed by atoms with Crippen LogP contribution in [0.1, 0.15) is 20.8 Å². The molecule has 4 N–H and O–H groups in total. The van der Waals surface area contributed by atoms with Gasteiger partial charge in [-0.1, -0.05) is 36.4 Å². The molecule has 1 heterocycles. The lowest BCUT2D eigenvalue weighted by atomic mass is 9.80. The maximum Gasteiger partial charge on any atom is 0.247 e. The summed E-state index contributed by atoms with van der Waals surface area (Å²) in [6, 6.07) is 0. The van der Waals surface area contributed by atoms with E-state index < -0.39 is 36.4 Å². The Kier molecular flexibility index (Phi) is 5.78. The Morgan fingerprint density at radius 2 is 1.89 bits per heavy atom. The predicted molar refractivity (Wildman–Crippen MR) is 72.8 cm³/mol. The number of hydrogen-bond donors (Lipinski definition) is 3. The first-order valence-electron chi connectivity index (χ1n) is 5.86. The maximum atomic E-state index is 11.4. The van der Waals surface area contributed by atoms with Gasteiger partial charge in [0.2, 0.25) is 5.91 Å². The molecule has 106 valence electrons. The van der Waals surface area contributed by atoms with Crippen LogP contribution in [0.5, 0.6) is 0 Å². The van der Waals surface area contributed by atoms with Gasteiger partial charge in [-0.05, 0) is 12.8 Å². The number of nitrogens with two attached hydrogens (primary N) is 1. The summed E-state index contributed by atoms with van der Waals surface area (Å²) < 4.78 is 10.5. The monoisotopic (exact) mass is 373 g/mol. The standard InChI is InChI=1S/C11H20INO5/c1-4(2)6-7(14)8(15)11(17-5(3)12)18-9(6)10(13)16/h4-9,11,14-15H,1-3H3,(H2,13,16). The molecule has 0 bridgehead atoms. The molecule has 6 nitrogen and oxygen atoms in total. The van der Waals surface area contributed by atoms with Crippen molar-refractivity contribution in [3.05, 3.63) is 0 Å². The molecule has 0 aromatic heterocycles. The van der Waals surface area contributed by atoms with Crippen LogP contribution in [0.3, 0.4) is 0 Å². The van der Waals surface area contributed by atoms with Crippen molar-refractivity contribution in [3.8, 4) is 0 Å². The van der Waals surface area contributed by atoms with Crippen molar-refractivity contribution < 1.29 is 24.5 Å². The number of hydrogen-bond acceptors (Lipinski definition) is 5. The normalized spacial score (nSPS) is 38.7. The van der Waals surface area contributed by atoms with E-state index in [4.69, 9.17) is 15.2 Å². The molecule has 18 heavy (non-hydrogen) atoms. The second-order valence-electron chi connectivity index (χ2n) is 4.81. The zero-order valence-corrected chi connectivity index (χ0v) is 12.8. The summed E-state index contributed by atoms with van der Waals surface area (Å²) in [6.07, 6.45) is -4.29. The summed E-state index contributed by atoms with van der Waals surface area (Å²) >= 11 is 1.99. The molecule has 1 amide bonds. The van der Waals surface area contributed by atoms with E-state index in [0.717, 1.165) is 0 Å². The Balaban J connectivity index is 2.91. The Morgan fingerprint density at radius 1 is 1.33 bits per heavy atom. The van der Waals surface area contributed by atoms with Crippen molar-refractivity contribution >= 4 is 28.5 Å². The van der Waals surface area contributed by atoms with Crippen LogP contribution in [0, 0.1) is 11.8 Å². The predicted octanol–water partition coefficient (Wildman–Crippen LogP) is -0.0118. The fourth-order valence-electron chi connectivity index (χ4n) is 2.18.